The lowest BCUT2D eigenvalue weighted by Gasteiger charge is -2.16. The Kier molecular flexibility index (Phi) is 7.35. The maximum atomic E-state index is 11.7. The van der Waals surface area contributed by atoms with E-state index in [0.29, 0.717) is 30.5 Å². The van der Waals surface area contributed by atoms with E-state index in [9.17, 15) is 4.79 Å². The van der Waals surface area contributed by atoms with Gasteiger partial charge < -0.3 is 4.74 Å². The minimum Gasteiger partial charge on any atom is -0.493 e. The molecule has 2 heteroatoms. The monoisotopic (exact) mass is 276 g/mol. The van der Waals surface area contributed by atoms with Gasteiger partial charge in [-0.1, -0.05) is 45.9 Å². The molecule has 0 saturated carbocycles. The molecule has 0 spiro atoms. The van der Waals surface area contributed by atoms with Gasteiger partial charge in [-0.15, -0.1) is 0 Å². The van der Waals surface area contributed by atoms with Crippen LogP contribution in [0, 0.1) is 11.8 Å². The van der Waals surface area contributed by atoms with Crippen LogP contribution in [0.4, 0.5) is 0 Å². The standard InChI is InChI=1S/C18H28O2/c1-5-8-17(19)12-15(4)11-16-9-6-7-10-18(16)20-13-14(2)3/h6-7,9-10,14-15H,5,8,11-13H2,1-4H3. The van der Waals surface area contributed by atoms with Crippen molar-refractivity contribution in [3.63, 3.8) is 0 Å². The van der Waals surface area contributed by atoms with Gasteiger partial charge in [0.25, 0.3) is 0 Å². The average molecular weight is 276 g/mol. The molecule has 0 aliphatic rings. The fraction of sp³-hybridized carbons (Fsp3) is 0.611. The highest BCUT2D eigenvalue weighted by Gasteiger charge is 2.12. The molecular formula is C18H28O2. The summed E-state index contributed by atoms with van der Waals surface area (Å²) in [6.45, 7) is 9.23. The second kappa shape index (κ2) is 8.78. The van der Waals surface area contributed by atoms with E-state index in [2.05, 4.69) is 33.8 Å². The molecule has 1 rings (SSSR count). The van der Waals surface area contributed by atoms with Crippen molar-refractivity contribution in [3.8, 4) is 5.75 Å². The van der Waals surface area contributed by atoms with Crippen LogP contribution in [-0.2, 0) is 11.2 Å². The second-order valence-corrected chi connectivity index (χ2v) is 6.11. The fourth-order valence-electron chi connectivity index (χ4n) is 2.29. The Morgan fingerprint density at radius 1 is 1.20 bits per heavy atom. The van der Waals surface area contributed by atoms with Crippen LogP contribution in [0.3, 0.4) is 0 Å². The zero-order valence-electron chi connectivity index (χ0n) is 13.3. The zero-order valence-corrected chi connectivity index (χ0v) is 13.3. The third kappa shape index (κ3) is 6.23. The highest BCUT2D eigenvalue weighted by Crippen LogP contribution is 2.23. The Bertz CT molecular complexity index is 410. The number of hydrogen-bond acceptors (Lipinski definition) is 2. The van der Waals surface area contributed by atoms with Gasteiger partial charge in [0.1, 0.15) is 11.5 Å². The Morgan fingerprint density at radius 2 is 1.90 bits per heavy atom. The molecule has 0 fully saturated rings. The number of ketones is 1. The third-order valence-electron chi connectivity index (χ3n) is 3.22. The molecule has 0 heterocycles. The summed E-state index contributed by atoms with van der Waals surface area (Å²) < 4.78 is 5.87. The van der Waals surface area contributed by atoms with Gasteiger partial charge in [0.15, 0.2) is 0 Å². The first kappa shape index (κ1) is 16.7. The van der Waals surface area contributed by atoms with E-state index in [1.54, 1.807) is 0 Å². The van der Waals surface area contributed by atoms with Gasteiger partial charge in [0, 0.05) is 12.8 Å². The van der Waals surface area contributed by atoms with Crippen LogP contribution in [0.2, 0.25) is 0 Å². The maximum absolute atomic E-state index is 11.7. The first-order valence-corrected chi connectivity index (χ1v) is 7.75. The number of hydrogen-bond donors (Lipinski definition) is 0. The van der Waals surface area contributed by atoms with E-state index in [0.717, 1.165) is 25.2 Å². The van der Waals surface area contributed by atoms with Crippen molar-refractivity contribution >= 4 is 5.78 Å². The Morgan fingerprint density at radius 3 is 2.55 bits per heavy atom. The van der Waals surface area contributed by atoms with Gasteiger partial charge in [-0.3, -0.25) is 4.79 Å². The number of para-hydroxylation sites is 1. The number of Topliss-reactive ketones (excluding diaryl/α,β-unsaturated/α-hetero) is 1. The average Bonchev–Trinajstić information content (AvgIpc) is 2.37. The normalized spacial score (nSPS) is 12.4. The van der Waals surface area contributed by atoms with Crippen molar-refractivity contribution < 1.29 is 9.53 Å². The quantitative estimate of drug-likeness (QED) is 0.655. The van der Waals surface area contributed by atoms with E-state index < -0.39 is 0 Å². The summed E-state index contributed by atoms with van der Waals surface area (Å²) in [4.78, 5) is 11.7. The summed E-state index contributed by atoms with van der Waals surface area (Å²) in [5.74, 6) is 2.24. The first-order valence-electron chi connectivity index (χ1n) is 7.75. The van der Waals surface area contributed by atoms with Crippen LogP contribution in [0.15, 0.2) is 24.3 Å². The van der Waals surface area contributed by atoms with E-state index in [-0.39, 0.29) is 0 Å². The van der Waals surface area contributed by atoms with Crippen LogP contribution in [0.5, 0.6) is 5.75 Å². The Labute approximate surface area is 123 Å². The predicted octanol–water partition coefficient (Wildman–Crippen LogP) is 4.66. The highest BCUT2D eigenvalue weighted by atomic mass is 16.5. The van der Waals surface area contributed by atoms with Crippen LogP contribution < -0.4 is 4.74 Å². The van der Waals surface area contributed by atoms with Gasteiger partial charge in [-0.25, -0.2) is 0 Å². The molecule has 1 unspecified atom stereocenters. The summed E-state index contributed by atoms with van der Waals surface area (Å²) in [5, 5.41) is 0. The van der Waals surface area contributed by atoms with Crippen LogP contribution >= 0.6 is 0 Å². The van der Waals surface area contributed by atoms with Gasteiger partial charge >= 0.3 is 0 Å². The molecule has 20 heavy (non-hydrogen) atoms. The lowest BCUT2D eigenvalue weighted by Crippen LogP contribution is -2.10. The van der Waals surface area contributed by atoms with Crippen molar-refractivity contribution in [2.75, 3.05) is 6.61 Å². The molecular weight excluding hydrogens is 248 g/mol. The molecule has 1 atom stereocenters. The molecule has 0 amide bonds. The molecule has 1 aromatic rings. The van der Waals surface area contributed by atoms with Crippen LogP contribution in [0.1, 0.15) is 52.5 Å². The molecule has 0 aliphatic carbocycles. The summed E-state index contributed by atoms with van der Waals surface area (Å²) >= 11 is 0. The summed E-state index contributed by atoms with van der Waals surface area (Å²) in [6, 6.07) is 8.18. The summed E-state index contributed by atoms with van der Waals surface area (Å²) in [7, 11) is 0. The predicted molar refractivity (Wildman–Crippen MR) is 84.2 cm³/mol. The molecule has 0 saturated heterocycles. The van der Waals surface area contributed by atoms with E-state index in [1.807, 2.05) is 18.2 Å². The molecule has 0 N–H and O–H groups in total. The first-order chi connectivity index (χ1) is 9.52. The number of rotatable bonds is 9. The lowest BCUT2D eigenvalue weighted by molar-refractivity contribution is -0.119. The molecule has 1 aromatic carbocycles. The fourth-order valence-corrected chi connectivity index (χ4v) is 2.29. The molecule has 2 nitrogen and oxygen atoms in total. The topological polar surface area (TPSA) is 26.3 Å². The van der Waals surface area contributed by atoms with E-state index >= 15 is 0 Å². The number of ether oxygens (including phenoxy) is 1. The Balaban J connectivity index is 2.59. The molecule has 0 aliphatic heterocycles. The number of carbonyl (C=O) groups is 1. The van der Waals surface area contributed by atoms with Gasteiger partial charge in [0.05, 0.1) is 6.61 Å². The van der Waals surface area contributed by atoms with Crippen molar-refractivity contribution in [2.45, 2.75) is 53.4 Å². The maximum Gasteiger partial charge on any atom is 0.133 e. The van der Waals surface area contributed by atoms with Crippen molar-refractivity contribution in [3.05, 3.63) is 29.8 Å². The molecule has 0 radical (unpaired) electrons. The SMILES string of the molecule is CCCC(=O)CC(C)Cc1ccccc1OCC(C)C. The summed E-state index contributed by atoms with van der Waals surface area (Å²) in [6.07, 6.45) is 3.23. The minimum atomic E-state index is 0.373. The minimum absolute atomic E-state index is 0.373. The highest BCUT2D eigenvalue weighted by molar-refractivity contribution is 5.78. The molecule has 112 valence electrons. The van der Waals surface area contributed by atoms with Crippen LogP contribution in [0.25, 0.3) is 0 Å². The van der Waals surface area contributed by atoms with E-state index in [4.69, 9.17) is 4.74 Å². The van der Waals surface area contributed by atoms with Crippen LogP contribution in [-0.4, -0.2) is 12.4 Å². The third-order valence-corrected chi connectivity index (χ3v) is 3.22. The zero-order chi connectivity index (χ0) is 15.0. The van der Waals surface area contributed by atoms with Crippen molar-refractivity contribution in [1.82, 2.24) is 0 Å². The Hall–Kier alpha value is -1.31. The van der Waals surface area contributed by atoms with Gasteiger partial charge in [-0.2, -0.15) is 0 Å². The lowest BCUT2D eigenvalue weighted by atomic mass is 9.94. The second-order valence-electron chi connectivity index (χ2n) is 6.11. The van der Waals surface area contributed by atoms with Crippen molar-refractivity contribution in [1.29, 1.82) is 0 Å². The van der Waals surface area contributed by atoms with E-state index in [1.165, 1.54) is 5.56 Å². The number of carbonyl (C=O) groups excluding carboxylic acids is 1. The smallest absolute Gasteiger partial charge is 0.133 e. The molecule has 0 bridgehead atoms. The largest absolute Gasteiger partial charge is 0.493 e. The van der Waals surface area contributed by atoms with Gasteiger partial charge in [0.2, 0.25) is 0 Å². The van der Waals surface area contributed by atoms with Gasteiger partial charge in [-0.05, 0) is 36.3 Å². The van der Waals surface area contributed by atoms with Crippen molar-refractivity contribution in [2.24, 2.45) is 11.8 Å². The summed E-state index contributed by atoms with van der Waals surface area (Å²) in [5.41, 5.74) is 1.21. The number of benzene rings is 1. The molecule has 0 aromatic heterocycles.